The standard InChI is InChI=1S/C17H12F3N3O5S2/c18-17(19,20)11-3-1-10(2-4-11)16-22-12(9-29-16)8-28-15-6-5-13(30(21,26)27)7-14(15)23(24)25/h1-7,9H,8H2,(H2,21,26,27). The van der Waals surface area contributed by atoms with Crippen LogP contribution in [0.4, 0.5) is 18.9 Å². The Morgan fingerprint density at radius 2 is 1.83 bits per heavy atom. The van der Waals surface area contributed by atoms with Gasteiger partial charge in [0.05, 0.1) is 21.1 Å². The minimum absolute atomic E-state index is 0.174. The quantitative estimate of drug-likeness (QED) is 0.439. The summed E-state index contributed by atoms with van der Waals surface area (Å²) in [5, 5.41) is 18.2. The maximum absolute atomic E-state index is 12.6. The van der Waals surface area contributed by atoms with Gasteiger partial charge in [-0.15, -0.1) is 11.3 Å². The van der Waals surface area contributed by atoms with Crippen LogP contribution < -0.4 is 9.88 Å². The van der Waals surface area contributed by atoms with Crippen LogP contribution in [0.15, 0.2) is 52.7 Å². The lowest BCUT2D eigenvalue weighted by molar-refractivity contribution is -0.386. The molecule has 2 aromatic carbocycles. The van der Waals surface area contributed by atoms with E-state index in [1.54, 1.807) is 5.38 Å². The summed E-state index contributed by atoms with van der Waals surface area (Å²) in [6, 6.07) is 7.46. The predicted octanol–water partition coefficient (Wildman–Crippen LogP) is 3.96. The van der Waals surface area contributed by atoms with Crippen LogP contribution in [0.5, 0.6) is 5.75 Å². The SMILES string of the molecule is NS(=O)(=O)c1ccc(OCc2csc(-c3ccc(C(F)(F)F)cc3)n2)c([N+](=O)[O-])c1. The Hall–Kier alpha value is -3.03. The number of thiazole rings is 1. The minimum Gasteiger partial charge on any atom is -0.480 e. The summed E-state index contributed by atoms with van der Waals surface area (Å²) in [6.45, 7) is -0.174. The number of nitro benzene ring substituents is 1. The second-order valence-electron chi connectivity index (χ2n) is 5.94. The van der Waals surface area contributed by atoms with Crippen LogP contribution in [0, 0.1) is 10.1 Å². The van der Waals surface area contributed by atoms with Crippen LogP contribution in [0.2, 0.25) is 0 Å². The molecule has 158 valence electrons. The van der Waals surface area contributed by atoms with Crippen LogP contribution in [0.3, 0.4) is 0 Å². The normalized spacial score (nSPS) is 12.0. The zero-order valence-electron chi connectivity index (χ0n) is 14.8. The van der Waals surface area contributed by atoms with Gasteiger partial charge in [-0.2, -0.15) is 13.2 Å². The molecule has 0 atom stereocenters. The first-order valence-electron chi connectivity index (χ1n) is 8.01. The van der Waals surface area contributed by atoms with Crippen LogP contribution in [-0.2, 0) is 22.8 Å². The first kappa shape index (κ1) is 21.7. The van der Waals surface area contributed by atoms with E-state index in [4.69, 9.17) is 9.88 Å². The Bertz CT molecular complexity index is 1190. The van der Waals surface area contributed by atoms with Crippen molar-refractivity contribution in [2.45, 2.75) is 17.7 Å². The Morgan fingerprint density at radius 1 is 1.17 bits per heavy atom. The zero-order chi connectivity index (χ0) is 22.1. The van der Waals surface area contributed by atoms with Crippen molar-refractivity contribution in [3.8, 4) is 16.3 Å². The summed E-state index contributed by atoms with van der Waals surface area (Å²) < 4.78 is 66.0. The summed E-state index contributed by atoms with van der Waals surface area (Å²) in [5.74, 6) is -0.184. The average Bonchev–Trinajstić information content (AvgIpc) is 3.14. The molecule has 3 rings (SSSR count). The van der Waals surface area contributed by atoms with Gasteiger partial charge < -0.3 is 4.74 Å². The molecular formula is C17H12F3N3O5S2. The van der Waals surface area contributed by atoms with Gasteiger partial charge in [0.15, 0.2) is 5.75 Å². The Morgan fingerprint density at radius 3 is 2.40 bits per heavy atom. The zero-order valence-corrected chi connectivity index (χ0v) is 16.4. The fourth-order valence-corrected chi connectivity index (χ4v) is 3.74. The number of hydrogen-bond donors (Lipinski definition) is 1. The van der Waals surface area contributed by atoms with Crippen molar-refractivity contribution < 1.29 is 31.2 Å². The Kier molecular flexibility index (Phi) is 5.78. The number of rotatable bonds is 6. The number of halogens is 3. The van der Waals surface area contributed by atoms with Gasteiger partial charge in [0.25, 0.3) is 0 Å². The number of benzene rings is 2. The number of ether oxygens (including phenoxy) is 1. The lowest BCUT2D eigenvalue weighted by Crippen LogP contribution is -2.12. The molecule has 1 heterocycles. The van der Waals surface area contributed by atoms with E-state index in [0.717, 1.165) is 30.3 Å². The number of nitrogens with two attached hydrogens (primary N) is 1. The van der Waals surface area contributed by atoms with Gasteiger partial charge in [-0.25, -0.2) is 18.5 Å². The van der Waals surface area contributed by atoms with Gasteiger partial charge in [0.2, 0.25) is 10.0 Å². The molecule has 0 unspecified atom stereocenters. The largest absolute Gasteiger partial charge is 0.480 e. The van der Waals surface area contributed by atoms with E-state index in [1.165, 1.54) is 23.5 Å². The topological polar surface area (TPSA) is 125 Å². The number of nitrogens with zero attached hydrogens (tertiary/aromatic N) is 2. The van der Waals surface area contributed by atoms with E-state index in [0.29, 0.717) is 16.3 Å². The molecule has 13 heteroatoms. The molecule has 0 fully saturated rings. The summed E-state index contributed by atoms with van der Waals surface area (Å²) in [7, 11) is -4.12. The summed E-state index contributed by atoms with van der Waals surface area (Å²) in [4.78, 5) is 14.2. The smallest absolute Gasteiger partial charge is 0.416 e. The number of hydrogen-bond acceptors (Lipinski definition) is 7. The Balaban J connectivity index is 1.76. The van der Waals surface area contributed by atoms with Gasteiger partial charge >= 0.3 is 11.9 Å². The fraction of sp³-hybridized carbons (Fsp3) is 0.118. The monoisotopic (exact) mass is 459 g/mol. The molecule has 0 saturated heterocycles. The number of sulfonamides is 1. The summed E-state index contributed by atoms with van der Waals surface area (Å²) in [5.41, 5.74) is -0.496. The maximum Gasteiger partial charge on any atom is 0.416 e. The highest BCUT2D eigenvalue weighted by molar-refractivity contribution is 7.89. The third-order valence-corrected chi connectivity index (χ3v) is 5.69. The van der Waals surface area contributed by atoms with Gasteiger partial charge in [-0.3, -0.25) is 10.1 Å². The maximum atomic E-state index is 12.6. The van der Waals surface area contributed by atoms with Crippen molar-refractivity contribution in [1.29, 1.82) is 0 Å². The second kappa shape index (κ2) is 8.01. The van der Waals surface area contributed by atoms with Crippen molar-refractivity contribution >= 4 is 27.0 Å². The van der Waals surface area contributed by atoms with Gasteiger partial charge in [0, 0.05) is 17.0 Å². The number of aromatic nitrogens is 1. The molecule has 8 nitrogen and oxygen atoms in total. The molecule has 0 aliphatic rings. The Labute approximate surface area is 171 Å². The molecule has 0 aliphatic heterocycles. The van der Waals surface area contributed by atoms with Gasteiger partial charge in [-0.1, -0.05) is 12.1 Å². The van der Waals surface area contributed by atoms with E-state index in [-0.39, 0.29) is 12.4 Å². The highest BCUT2D eigenvalue weighted by atomic mass is 32.2. The number of nitro groups is 1. The van der Waals surface area contributed by atoms with E-state index in [1.807, 2.05) is 0 Å². The molecule has 1 aromatic heterocycles. The second-order valence-corrected chi connectivity index (χ2v) is 8.36. The van der Waals surface area contributed by atoms with E-state index in [2.05, 4.69) is 4.98 Å². The molecule has 0 radical (unpaired) electrons. The molecular weight excluding hydrogens is 447 g/mol. The molecule has 0 saturated carbocycles. The summed E-state index contributed by atoms with van der Waals surface area (Å²) >= 11 is 1.17. The van der Waals surface area contributed by atoms with Crippen molar-refractivity contribution in [1.82, 2.24) is 4.98 Å². The van der Waals surface area contributed by atoms with Gasteiger partial charge in [-0.05, 0) is 24.3 Å². The molecule has 3 aromatic rings. The third-order valence-electron chi connectivity index (χ3n) is 3.84. The number of primary sulfonamides is 1. The van der Waals surface area contributed by atoms with E-state index < -0.39 is 37.3 Å². The van der Waals surface area contributed by atoms with Crippen LogP contribution in [-0.4, -0.2) is 18.3 Å². The predicted molar refractivity (Wildman–Crippen MR) is 101 cm³/mol. The van der Waals surface area contributed by atoms with E-state index in [9.17, 15) is 31.7 Å². The molecule has 0 amide bonds. The highest BCUT2D eigenvalue weighted by Crippen LogP contribution is 2.33. The van der Waals surface area contributed by atoms with Crippen molar-refractivity contribution in [2.75, 3.05) is 0 Å². The van der Waals surface area contributed by atoms with Crippen LogP contribution in [0.1, 0.15) is 11.3 Å². The van der Waals surface area contributed by atoms with Gasteiger partial charge in [0.1, 0.15) is 11.6 Å². The molecule has 0 bridgehead atoms. The lowest BCUT2D eigenvalue weighted by Gasteiger charge is -2.07. The third kappa shape index (κ3) is 4.93. The highest BCUT2D eigenvalue weighted by Gasteiger charge is 2.30. The average molecular weight is 459 g/mol. The summed E-state index contributed by atoms with van der Waals surface area (Å²) in [6.07, 6.45) is -4.44. The van der Waals surface area contributed by atoms with Crippen LogP contribution in [0.25, 0.3) is 10.6 Å². The molecule has 30 heavy (non-hydrogen) atoms. The van der Waals surface area contributed by atoms with Crippen molar-refractivity contribution in [3.63, 3.8) is 0 Å². The lowest BCUT2D eigenvalue weighted by atomic mass is 10.1. The van der Waals surface area contributed by atoms with Crippen molar-refractivity contribution in [3.05, 3.63) is 69.2 Å². The first-order valence-corrected chi connectivity index (χ1v) is 10.4. The minimum atomic E-state index is -4.44. The fourth-order valence-electron chi connectivity index (χ4n) is 2.40. The van der Waals surface area contributed by atoms with Crippen molar-refractivity contribution in [2.24, 2.45) is 5.14 Å². The number of alkyl halides is 3. The molecule has 2 N–H and O–H groups in total. The first-order chi connectivity index (χ1) is 13.9. The van der Waals surface area contributed by atoms with Crippen LogP contribution >= 0.6 is 11.3 Å². The molecule has 0 spiro atoms. The molecule has 0 aliphatic carbocycles. The van der Waals surface area contributed by atoms with E-state index >= 15 is 0 Å².